The Labute approximate surface area is 113 Å². The molecule has 0 saturated carbocycles. The van der Waals surface area contributed by atoms with Crippen LogP contribution in [0.2, 0.25) is 0 Å². The predicted octanol–water partition coefficient (Wildman–Crippen LogP) is 3.22. The van der Waals surface area contributed by atoms with Gasteiger partial charge in [-0.2, -0.15) is 0 Å². The monoisotopic (exact) mass is 315 g/mol. The van der Waals surface area contributed by atoms with Crippen molar-refractivity contribution < 1.29 is 9.59 Å². The van der Waals surface area contributed by atoms with Crippen molar-refractivity contribution in [1.82, 2.24) is 4.90 Å². The van der Waals surface area contributed by atoms with Crippen molar-refractivity contribution in [3.8, 4) is 0 Å². The minimum atomic E-state index is -0.148. The van der Waals surface area contributed by atoms with Gasteiger partial charge in [-0.3, -0.25) is 14.5 Å². The van der Waals surface area contributed by atoms with E-state index in [1.165, 1.54) is 16.2 Å². The molecule has 2 amide bonds. The van der Waals surface area contributed by atoms with Gasteiger partial charge in [0, 0.05) is 13.0 Å². The Hall–Kier alpha value is -0.680. The van der Waals surface area contributed by atoms with E-state index in [4.69, 9.17) is 0 Å². The maximum atomic E-state index is 12.2. The van der Waals surface area contributed by atoms with Gasteiger partial charge in [0.25, 0.3) is 5.91 Å². The van der Waals surface area contributed by atoms with Crippen molar-refractivity contribution in [3.05, 3.63) is 20.3 Å². The van der Waals surface area contributed by atoms with E-state index in [9.17, 15) is 9.59 Å². The second-order valence-corrected chi connectivity index (χ2v) is 6.73. The molecule has 17 heavy (non-hydrogen) atoms. The SMILES string of the molecule is CCC1CC(=O)N(C(=O)c2cc(C)c(Br)s2)C1. The molecule has 5 heteroatoms. The van der Waals surface area contributed by atoms with Crippen LogP contribution < -0.4 is 0 Å². The fourth-order valence-electron chi connectivity index (χ4n) is 1.95. The molecule has 0 radical (unpaired) electrons. The number of hydrogen-bond donors (Lipinski definition) is 0. The van der Waals surface area contributed by atoms with Crippen molar-refractivity contribution in [3.63, 3.8) is 0 Å². The average molecular weight is 316 g/mol. The van der Waals surface area contributed by atoms with Crippen LogP contribution in [0.4, 0.5) is 0 Å². The first-order chi connectivity index (χ1) is 8.02. The molecule has 2 rings (SSSR count). The van der Waals surface area contributed by atoms with Crippen molar-refractivity contribution >= 4 is 39.1 Å². The summed E-state index contributed by atoms with van der Waals surface area (Å²) in [6.07, 6.45) is 1.45. The molecule has 1 fully saturated rings. The van der Waals surface area contributed by atoms with Gasteiger partial charge in [0.1, 0.15) is 0 Å². The lowest BCUT2D eigenvalue weighted by Gasteiger charge is -2.12. The van der Waals surface area contributed by atoms with Gasteiger partial charge in [0.05, 0.1) is 8.66 Å². The molecule has 1 saturated heterocycles. The molecule has 0 spiro atoms. The summed E-state index contributed by atoms with van der Waals surface area (Å²) >= 11 is 4.79. The van der Waals surface area contributed by atoms with Gasteiger partial charge in [-0.1, -0.05) is 13.3 Å². The van der Waals surface area contributed by atoms with Crippen LogP contribution >= 0.6 is 27.3 Å². The molecule has 0 N–H and O–H groups in total. The highest BCUT2D eigenvalue weighted by atomic mass is 79.9. The molecule has 1 aliphatic heterocycles. The molecule has 1 unspecified atom stereocenters. The van der Waals surface area contributed by atoms with Crippen LogP contribution in [0, 0.1) is 12.8 Å². The number of likely N-dealkylation sites (tertiary alicyclic amines) is 1. The van der Waals surface area contributed by atoms with Crippen LogP contribution in [0.25, 0.3) is 0 Å². The molecule has 1 aromatic heterocycles. The summed E-state index contributed by atoms with van der Waals surface area (Å²) in [5.74, 6) is 0.143. The molecule has 2 heterocycles. The number of rotatable bonds is 2. The number of hydrogen-bond acceptors (Lipinski definition) is 3. The second kappa shape index (κ2) is 4.90. The zero-order chi connectivity index (χ0) is 12.6. The number of halogens is 1. The van der Waals surface area contributed by atoms with E-state index < -0.39 is 0 Å². The number of carbonyl (C=O) groups excluding carboxylic acids is 2. The summed E-state index contributed by atoms with van der Waals surface area (Å²) in [4.78, 5) is 26.0. The highest BCUT2D eigenvalue weighted by molar-refractivity contribution is 9.11. The quantitative estimate of drug-likeness (QED) is 0.786. The lowest BCUT2D eigenvalue weighted by atomic mass is 10.1. The number of thiophene rings is 1. The van der Waals surface area contributed by atoms with E-state index in [-0.39, 0.29) is 11.8 Å². The molecule has 1 aliphatic rings. The molecule has 1 atom stereocenters. The highest BCUT2D eigenvalue weighted by Crippen LogP contribution is 2.30. The normalized spacial score (nSPS) is 20.1. The summed E-state index contributed by atoms with van der Waals surface area (Å²) in [5.41, 5.74) is 1.04. The van der Waals surface area contributed by atoms with Crippen LogP contribution in [0.15, 0.2) is 9.85 Å². The summed E-state index contributed by atoms with van der Waals surface area (Å²) in [5, 5.41) is 0. The fraction of sp³-hybridized carbons (Fsp3) is 0.500. The van der Waals surface area contributed by atoms with Gasteiger partial charge in [0.2, 0.25) is 5.91 Å². The molecular weight excluding hydrogens is 302 g/mol. The maximum Gasteiger partial charge on any atom is 0.270 e. The number of carbonyl (C=O) groups is 2. The summed E-state index contributed by atoms with van der Waals surface area (Å²) in [6.45, 7) is 4.57. The Morgan fingerprint density at radius 1 is 1.65 bits per heavy atom. The van der Waals surface area contributed by atoms with Gasteiger partial charge in [0.15, 0.2) is 0 Å². The molecule has 92 valence electrons. The van der Waals surface area contributed by atoms with Gasteiger partial charge in [-0.15, -0.1) is 11.3 Å². The molecule has 0 bridgehead atoms. The van der Waals surface area contributed by atoms with Gasteiger partial charge in [-0.25, -0.2) is 0 Å². The lowest BCUT2D eigenvalue weighted by molar-refractivity contribution is -0.125. The smallest absolute Gasteiger partial charge is 0.270 e. The molecular formula is C12H14BrNO2S. The summed E-state index contributed by atoms with van der Waals surface area (Å²) < 4.78 is 0.958. The van der Waals surface area contributed by atoms with Gasteiger partial charge < -0.3 is 0 Å². The van der Waals surface area contributed by atoms with Gasteiger partial charge in [-0.05, 0) is 40.4 Å². The fourth-order valence-corrected chi connectivity index (χ4v) is 3.43. The van der Waals surface area contributed by atoms with E-state index in [0.29, 0.717) is 23.8 Å². The van der Waals surface area contributed by atoms with Crippen LogP contribution in [0.1, 0.15) is 35.0 Å². The van der Waals surface area contributed by atoms with Crippen molar-refractivity contribution in [2.45, 2.75) is 26.7 Å². The predicted molar refractivity (Wildman–Crippen MR) is 71.2 cm³/mol. The van der Waals surface area contributed by atoms with Crippen molar-refractivity contribution in [2.24, 2.45) is 5.92 Å². The second-order valence-electron chi connectivity index (χ2n) is 4.36. The van der Waals surface area contributed by atoms with E-state index >= 15 is 0 Å². The summed E-state index contributed by atoms with van der Waals surface area (Å²) in [6, 6.07) is 1.84. The van der Waals surface area contributed by atoms with E-state index in [1.807, 2.05) is 13.0 Å². The van der Waals surface area contributed by atoms with Crippen molar-refractivity contribution in [2.75, 3.05) is 6.54 Å². The molecule has 3 nitrogen and oxygen atoms in total. The largest absolute Gasteiger partial charge is 0.278 e. The Morgan fingerprint density at radius 2 is 2.35 bits per heavy atom. The molecule has 0 aromatic carbocycles. The first kappa shape index (κ1) is 12.8. The summed E-state index contributed by atoms with van der Waals surface area (Å²) in [7, 11) is 0. The Bertz CT molecular complexity index is 450. The minimum absolute atomic E-state index is 0.0379. The third kappa shape index (κ3) is 2.45. The zero-order valence-electron chi connectivity index (χ0n) is 9.83. The third-order valence-electron chi connectivity index (χ3n) is 3.10. The zero-order valence-corrected chi connectivity index (χ0v) is 12.2. The van der Waals surface area contributed by atoms with E-state index in [2.05, 4.69) is 22.9 Å². The third-order valence-corrected chi connectivity index (χ3v) is 5.22. The van der Waals surface area contributed by atoms with Crippen LogP contribution in [0.5, 0.6) is 0 Å². The number of aryl methyl sites for hydroxylation is 1. The standard InChI is InChI=1S/C12H14BrNO2S/c1-3-8-5-10(15)14(6-8)12(16)9-4-7(2)11(13)17-9/h4,8H,3,5-6H2,1-2H3. The van der Waals surface area contributed by atoms with E-state index in [1.54, 1.807) is 0 Å². The lowest BCUT2D eigenvalue weighted by Crippen LogP contribution is -2.31. The first-order valence-electron chi connectivity index (χ1n) is 5.63. The van der Waals surface area contributed by atoms with E-state index in [0.717, 1.165) is 15.8 Å². The highest BCUT2D eigenvalue weighted by Gasteiger charge is 2.33. The maximum absolute atomic E-state index is 12.2. The Morgan fingerprint density at radius 3 is 2.82 bits per heavy atom. The molecule has 1 aromatic rings. The van der Waals surface area contributed by atoms with Crippen LogP contribution in [-0.4, -0.2) is 23.3 Å². The topological polar surface area (TPSA) is 37.4 Å². The Kier molecular flexibility index (Phi) is 3.68. The number of nitrogens with zero attached hydrogens (tertiary/aromatic N) is 1. The molecule has 0 aliphatic carbocycles. The van der Waals surface area contributed by atoms with Crippen LogP contribution in [-0.2, 0) is 4.79 Å². The average Bonchev–Trinajstić information content (AvgIpc) is 2.82. The number of amides is 2. The Balaban J connectivity index is 2.18. The van der Waals surface area contributed by atoms with Gasteiger partial charge >= 0.3 is 0 Å². The van der Waals surface area contributed by atoms with Crippen molar-refractivity contribution in [1.29, 1.82) is 0 Å². The minimum Gasteiger partial charge on any atom is -0.278 e. The first-order valence-corrected chi connectivity index (χ1v) is 7.24. The number of imide groups is 1. The van der Waals surface area contributed by atoms with Crippen LogP contribution in [0.3, 0.4) is 0 Å².